The van der Waals surface area contributed by atoms with Crippen molar-refractivity contribution >= 4 is 11.6 Å². The SMILES string of the molecule is COc1ccc(CNC(=O)[C@@H](C)Oc2cccc(N)c2)cc1. The van der Waals surface area contributed by atoms with Gasteiger partial charge in [0.15, 0.2) is 6.10 Å². The van der Waals surface area contributed by atoms with Crippen molar-refractivity contribution < 1.29 is 14.3 Å². The van der Waals surface area contributed by atoms with E-state index in [-0.39, 0.29) is 5.91 Å². The van der Waals surface area contributed by atoms with E-state index in [0.717, 1.165) is 11.3 Å². The van der Waals surface area contributed by atoms with Crippen LogP contribution in [0.25, 0.3) is 0 Å². The molecule has 1 amide bonds. The third kappa shape index (κ3) is 4.41. The Hall–Kier alpha value is -2.69. The van der Waals surface area contributed by atoms with Gasteiger partial charge in [0.1, 0.15) is 11.5 Å². The molecule has 2 aromatic rings. The summed E-state index contributed by atoms with van der Waals surface area (Å²) >= 11 is 0. The minimum Gasteiger partial charge on any atom is -0.497 e. The predicted molar refractivity (Wildman–Crippen MR) is 85.8 cm³/mol. The van der Waals surface area contributed by atoms with Gasteiger partial charge in [0, 0.05) is 18.3 Å². The molecule has 0 heterocycles. The van der Waals surface area contributed by atoms with Crippen LogP contribution in [0.15, 0.2) is 48.5 Å². The molecule has 116 valence electrons. The summed E-state index contributed by atoms with van der Waals surface area (Å²) in [6.07, 6.45) is -0.597. The normalized spacial score (nSPS) is 11.5. The highest BCUT2D eigenvalue weighted by atomic mass is 16.5. The molecule has 0 radical (unpaired) electrons. The highest BCUT2D eigenvalue weighted by molar-refractivity contribution is 5.80. The number of amides is 1. The summed E-state index contributed by atoms with van der Waals surface area (Å²) in [5.74, 6) is 1.18. The Kier molecular flexibility index (Phi) is 5.25. The average Bonchev–Trinajstić information content (AvgIpc) is 2.53. The number of nitrogen functional groups attached to an aromatic ring is 1. The quantitative estimate of drug-likeness (QED) is 0.803. The van der Waals surface area contributed by atoms with Gasteiger partial charge in [0.25, 0.3) is 5.91 Å². The van der Waals surface area contributed by atoms with Crippen molar-refractivity contribution in [2.75, 3.05) is 12.8 Å². The molecule has 22 heavy (non-hydrogen) atoms. The lowest BCUT2D eigenvalue weighted by Crippen LogP contribution is -2.35. The number of hydrogen-bond acceptors (Lipinski definition) is 4. The fourth-order valence-corrected chi connectivity index (χ4v) is 1.92. The molecule has 0 aromatic heterocycles. The molecule has 0 aliphatic heterocycles. The van der Waals surface area contributed by atoms with Crippen molar-refractivity contribution in [2.45, 2.75) is 19.6 Å². The van der Waals surface area contributed by atoms with E-state index >= 15 is 0 Å². The van der Waals surface area contributed by atoms with E-state index in [1.807, 2.05) is 24.3 Å². The summed E-state index contributed by atoms with van der Waals surface area (Å²) < 4.78 is 10.7. The van der Waals surface area contributed by atoms with Gasteiger partial charge in [0.2, 0.25) is 0 Å². The third-order valence-corrected chi connectivity index (χ3v) is 3.17. The lowest BCUT2D eigenvalue weighted by molar-refractivity contribution is -0.127. The van der Waals surface area contributed by atoms with Crippen LogP contribution in [0.5, 0.6) is 11.5 Å². The first-order chi connectivity index (χ1) is 10.6. The summed E-state index contributed by atoms with van der Waals surface area (Å²) in [6, 6.07) is 14.5. The number of nitrogens with two attached hydrogens (primary N) is 1. The fourth-order valence-electron chi connectivity index (χ4n) is 1.92. The van der Waals surface area contributed by atoms with E-state index in [4.69, 9.17) is 15.2 Å². The Balaban J connectivity index is 1.85. The number of ether oxygens (including phenoxy) is 2. The number of nitrogens with one attached hydrogen (secondary N) is 1. The van der Waals surface area contributed by atoms with Crippen LogP contribution in [0.2, 0.25) is 0 Å². The summed E-state index contributed by atoms with van der Waals surface area (Å²) in [5.41, 5.74) is 7.27. The van der Waals surface area contributed by atoms with Crippen LogP contribution >= 0.6 is 0 Å². The zero-order valence-electron chi connectivity index (χ0n) is 12.7. The van der Waals surface area contributed by atoms with E-state index in [2.05, 4.69) is 5.32 Å². The molecule has 0 fully saturated rings. The van der Waals surface area contributed by atoms with Crippen LogP contribution in [0.3, 0.4) is 0 Å². The van der Waals surface area contributed by atoms with Gasteiger partial charge in [-0.3, -0.25) is 4.79 Å². The minimum absolute atomic E-state index is 0.182. The van der Waals surface area contributed by atoms with Gasteiger partial charge in [-0.1, -0.05) is 18.2 Å². The minimum atomic E-state index is -0.597. The standard InChI is InChI=1S/C17H20N2O3/c1-12(22-16-5-3-4-14(18)10-16)17(20)19-11-13-6-8-15(21-2)9-7-13/h3-10,12H,11,18H2,1-2H3,(H,19,20)/t12-/m1/s1. The second-order valence-corrected chi connectivity index (χ2v) is 4.90. The maximum absolute atomic E-state index is 12.0. The topological polar surface area (TPSA) is 73.6 Å². The van der Waals surface area contributed by atoms with Crippen LogP contribution in [0, 0.1) is 0 Å². The van der Waals surface area contributed by atoms with Gasteiger partial charge in [-0.05, 0) is 36.8 Å². The smallest absolute Gasteiger partial charge is 0.261 e. The number of carbonyl (C=O) groups is 1. The molecule has 0 spiro atoms. The maximum Gasteiger partial charge on any atom is 0.261 e. The van der Waals surface area contributed by atoms with Crippen molar-refractivity contribution in [1.82, 2.24) is 5.32 Å². The number of methoxy groups -OCH3 is 1. The summed E-state index contributed by atoms with van der Waals surface area (Å²) in [7, 11) is 1.62. The lowest BCUT2D eigenvalue weighted by atomic mass is 10.2. The first kappa shape index (κ1) is 15.7. The molecule has 0 unspecified atom stereocenters. The number of rotatable bonds is 6. The van der Waals surface area contributed by atoms with Gasteiger partial charge >= 0.3 is 0 Å². The Morgan fingerprint density at radius 3 is 2.55 bits per heavy atom. The average molecular weight is 300 g/mol. The van der Waals surface area contributed by atoms with E-state index in [9.17, 15) is 4.79 Å². The fraction of sp³-hybridized carbons (Fsp3) is 0.235. The molecule has 0 saturated carbocycles. The molecule has 0 aliphatic rings. The predicted octanol–water partition coefficient (Wildman–Crippen LogP) is 2.36. The van der Waals surface area contributed by atoms with Crippen LogP contribution in [0.4, 0.5) is 5.69 Å². The number of carbonyl (C=O) groups excluding carboxylic acids is 1. The highest BCUT2D eigenvalue weighted by Gasteiger charge is 2.14. The molecule has 0 aliphatic carbocycles. The lowest BCUT2D eigenvalue weighted by Gasteiger charge is -2.15. The summed E-state index contributed by atoms with van der Waals surface area (Å²) in [5, 5.41) is 2.84. The molecular weight excluding hydrogens is 280 g/mol. The molecular formula is C17H20N2O3. The number of benzene rings is 2. The van der Waals surface area contributed by atoms with E-state index in [1.165, 1.54) is 0 Å². The van der Waals surface area contributed by atoms with Gasteiger partial charge in [-0.2, -0.15) is 0 Å². The van der Waals surface area contributed by atoms with Gasteiger partial charge in [0.05, 0.1) is 7.11 Å². The van der Waals surface area contributed by atoms with Crippen LogP contribution in [0.1, 0.15) is 12.5 Å². The van der Waals surface area contributed by atoms with E-state index in [1.54, 1.807) is 38.3 Å². The number of hydrogen-bond donors (Lipinski definition) is 2. The molecule has 3 N–H and O–H groups in total. The molecule has 0 saturated heterocycles. The van der Waals surface area contributed by atoms with Crippen molar-refractivity contribution in [2.24, 2.45) is 0 Å². The first-order valence-electron chi connectivity index (χ1n) is 7.01. The van der Waals surface area contributed by atoms with Gasteiger partial charge < -0.3 is 20.5 Å². The van der Waals surface area contributed by atoms with Crippen molar-refractivity contribution in [3.63, 3.8) is 0 Å². The first-order valence-corrected chi connectivity index (χ1v) is 7.01. The van der Waals surface area contributed by atoms with Crippen molar-refractivity contribution in [3.8, 4) is 11.5 Å². The van der Waals surface area contributed by atoms with Crippen molar-refractivity contribution in [1.29, 1.82) is 0 Å². The van der Waals surface area contributed by atoms with E-state index < -0.39 is 6.10 Å². The third-order valence-electron chi connectivity index (χ3n) is 3.17. The Morgan fingerprint density at radius 2 is 1.91 bits per heavy atom. The summed E-state index contributed by atoms with van der Waals surface area (Å²) in [4.78, 5) is 12.0. The second kappa shape index (κ2) is 7.36. The van der Waals surface area contributed by atoms with Crippen LogP contribution in [-0.2, 0) is 11.3 Å². The van der Waals surface area contributed by atoms with E-state index in [0.29, 0.717) is 18.0 Å². The zero-order valence-corrected chi connectivity index (χ0v) is 12.7. The van der Waals surface area contributed by atoms with Crippen LogP contribution < -0.4 is 20.5 Å². The Labute approximate surface area is 130 Å². The largest absolute Gasteiger partial charge is 0.497 e. The summed E-state index contributed by atoms with van der Waals surface area (Å²) in [6.45, 7) is 2.14. The Morgan fingerprint density at radius 1 is 1.18 bits per heavy atom. The highest BCUT2D eigenvalue weighted by Crippen LogP contribution is 2.16. The molecule has 2 aromatic carbocycles. The molecule has 5 heteroatoms. The van der Waals surface area contributed by atoms with Crippen molar-refractivity contribution in [3.05, 3.63) is 54.1 Å². The monoisotopic (exact) mass is 300 g/mol. The maximum atomic E-state index is 12.0. The Bertz CT molecular complexity index is 626. The molecule has 2 rings (SSSR count). The molecule has 1 atom stereocenters. The second-order valence-electron chi connectivity index (χ2n) is 4.90. The van der Waals surface area contributed by atoms with Crippen LogP contribution in [-0.4, -0.2) is 19.1 Å². The van der Waals surface area contributed by atoms with Gasteiger partial charge in [-0.15, -0.1) is 0 Å². The number of anilines is 1. The molecule has 5 nitrogen and oxygen atoms in total. The zero-order chi connectivity index (χ0) is 15.9. The van der Waals surface area contributed by atoms with Gasteiger partial charge in [-0.25, -0.2) is 0 Å². The molecule has 0 bridgehead atoms.